The zero-order valence-corrected chi connectivity index (χ0v) is 17.6. The first-order valence-electron chi connectivity index (χ1n) is 10.5. The van der Waals surface area contributed by atoms with Crippen LogP contribution in [0.5, 0.6) is 0 Å². The number of carboxylic acids is 1. The van der Waals surface area contributed by atoms with Crippen LogP contribution in [-0.2, 0) is 11.3 Å². The largest absolute Gasteiger partial charge is 0.480 e. The minimum absolute atomic E-state index is 0.0381. The van der Waals surface area contributed by atoms with E-state index in [2.05, 4.69) is 5.32 Å². The Morgan fingerprint density at radius 3 is 2.32 bits per heavy atom. The number of carboxylic acid groups (broad SMARTS) is 1. The monoisotopic (exact) mass is 390 g/mol. The van der Waals surface area contributed by atoms with Crippen LogP contribution in [0.2, 0.25) is 0 Å². The fourth-order valence-electron chi connectivity index (χ4n) is 4.26. The molecule has 6 nitrogen and oxygen atoms in total. The molecular weight excluding hydrogens is 356 g/mol. The normalized spacial score (nSPS) is 16.2. The first-order valence-corrected chi connectivity index (χ1v) is 10.5. The van der Waals surface area contributed by atoms with E-state index in [0.29, 0.717) is 25.3 Å². The Morgan fingerprint density at radius 1 is 1.18 bits per heavy atom. The SMILES string of the molecule is CCC(CC)C(NC(=O)c1cc(C)c(C)n(CC2CCCCC2)c1=O)C(=O)O. The summed E-state index contributed by atoms with van der Waals surface area (Å²) >= 11 is 0. The Labute approximate surface area is 167 Å². The maximum absolute atomic E-state index is 13.1. The van der Waals surface area contributed by atoms with Gasteiger partial charge < -0.3 is 15.0 Å². The van der Waals surface area contributed by atoms with Gasteiger partial charge in [0.05, 0.1) is 0 Å². The van der Waals surface area contributed by atoms with Crippen LogP contribution in [0.1, 0.15) is 80.4 Å². The van der Waals surface area contributed by atoms with Crippen LogP contribution in [0.4, 0.5) is 0 Å². The van der Waals surface area contributed by atoms with E-state index < -0.39 is 17.9 Å². The highest BCUT2D eigenvalue weighted by Gasteiger charge is 2.29. The third kappa shape index (κ3) is 5.03. The van der Waals surface area contributed by atoms with Gasteiger partial charge >= 0.3 is 5.97 Å². The van der Waals surface area contributed by atoms with Crippen LogP contribution in [0, 0.1) is 25.7 Å². The zero-order chi connectivity index (χ0) is 20.8. The number of aromatic nitrogens is 1. The molecule has 0 aromatic carbocycles. The van der Waals surface area contributed by atoms with E-state index in [9.17, 15) is 19.5 Å². The van der Waals surface area contributed by atoms with Crippen molar-refractivity contribution < 1.29 is 14.7 Å². The van der Waals surface area contributed by atoms with E-state index in [1.807, 2.05) is 27.7 Å². The molecule has 1 atom stereocenters. The second kappa shape index (κ2) is 9.89. The number of carbonyl (C=O) groups excluding carboxylic acids is 1. The molecule has 0 bridgehead atoms. The van der Waals surface area contributed by atoms with E-state index >= 15 is 0 Å². The van der Waals surface area contributed by atoms with Crippen molar-refractivity contribution in [1.82, 2.24) is 9.88 Å². The number of amides is 1. The van der Waals surface area contributed by atoms with E-state index in [1.165, 1.54) is 19.3 Å². The fraction of sp³-hybridized carbons (Fsp3) is 0.682. The minimum atomic E-state index is -1.06. The molecule has 1 heterocycles. The molecule has 156 valence electrons. The van der Waals surface area contributed by atoms with Crippen molar-refractivity contribution in [3.8, 4) is 0 Å². The van der Waals surface area contributed by atoms with Crippen LogP contribution in [0.25, 0.3) is 0 Å². The third-order valence-electron chi connectivity index (χ3n) is 6.29. The molecule has 2 rings (SSSR count). The predicted octanol–water partition coefficient (Wildman–Crippen LogP) is 3.66. The van der Waals surface area contributed by atoms with Crippen molar-refractivity contribution in [3.05, 3.63) is 33.2 Å². The highest BCUT2D eigenvalue weighted by molar-refractivity contribution is 5.96. The predicted molar refractivity (Wildman–Crippen MR) is 110 cm³/mol. The molecule has 0 saturated heterocycles. The van der Waals surface area contributed by atoms with E-state index in [1.54, 1.807) is 10.6 Å². The molecular formula is C22H34N2O4. The Hall–Kier alpha value is -2.11. The number of hydrogen-bond acceptors (Lipinski definition) is 3. The molecule has 0 spiro atoms. The Bertz CT molecular complexity index is 759. The maximum atomic E-state index is 13.1. The first-order chi connectivity index (χ1) is 13.3. The lowest BCUT2D eigenvalue weighted by Crippen LogP contribution is -2.47. The van der Waals surface area contributed by atoms with Crippen LogP contribution in [-0.4, -0.2) is 27.6 Å². The van der Waals surface area contributed by atoms with Crippen molar-refractivity contribution in [2.75, 3.05) is 0 Å². The molecule has 1 amide bonds. The molecule has 6 heteroatoms. The van der Waals surface area contributed by atoms with Crippen molar-refractivity contribution in [2.24, 2.45) is 11.8 Å². The molecule has 1 fully saturated rings. The zero-order valence-electron chi connectivity index (χ0n) is 17.6. The number of aliphatic carboxylic acids is 1. The summed E-state index contributed by atoms with van der Waals surface area (Å²) in [5, 5.41) is 12.1. The van der Waals surface area contributed by atoms with Crippen LogP contribution >= 0.6 is 0 Å². The number of carbonyl (C=O) groups is 2. The van der Waals surface area contributed by atoms with Gasteiger partial charge in [0.1, 0.15) is 11.6 Å². The molecule has 28 heavy (non-hydrogen) atoms. The molecule has 2 N–H and O–H groups in total. The summed E-state index contributed by atoms with van der Waals surface area (Å²) in [6.45, 7) is 8.23. The van der Waals surface area contributed by atoms with E-state index in [4.69, 9.17) is 0 Å². The van der Waals surface area contributed by atoms with Crippen molar-refractivity contribution in [3.63, 3.8) is 0 Å². The smallest absolute Gasteiger partial charge is 0.326 e. The van der Waals surface area contributed by atoms with E-state index in [0.717, 1.165) is 24.1 Å². The van der Waals surface area contributed by atoms with Crippen molar-refractivity contribution >= 4 is 11.9 Å². The lowest BCUT2D eigenvalue weighted by atomic mass is 9.89. The lowest BCUT2D eigenvalue weighted by molar-refractivity contribution is -0.140. The summed E-state index contributed by atoms with van der Waals surface area (Å²) < 4.78 is 1.72. The van der Waals surface area contributed by atoms with Crippen LogP contribution in [0.3, 0.4) is 0 Å². The number of aryl methyl sites for hydroxylation is 1. The van der Waals surface area contributed by atoms with Gasteiger partial charge in [-0.2, -0.15) is 0 Å². The lowest BCUT2D eigenvalue weighted by Gasteiger charge is -2.25. The van der Waals surface area contributed by atoms with Crippen LogP contribution in [0.15, 0.2) is 10.9 Å². The number of nitrogens with one attached hydrogen (secondary N) is 1. The Kier molecular flexibility index (Phi) is 7.84. The summed E-state index contributed by atoms with van der Waals surface area (Å²) in [4.78, 5) is 37.6. The van der Waals surface area contributed by atoms with E-state index in [-0.39, 0.29) is 17.0 Å². The summed E-state index contributed by atoms with van der Waals surface area (Å²) in [6, 6.07) is 0.603. The highest BCUT2D eigenvalue weighted by atomic mass is 16.4. The summed E-state index contributed by atoms with van der Waals surface area (Å²) in [5.74, 6) is -1.37. The number of hydrogen-bond donors (Lipinski definition) is 2. The number of rotatable bonds is 8. The molecule has 0 aliphatic heterocycles. The van der Waals surface area contributed by atoms with Gasteiger partial charge in [-0.05, 0) is 50.2 Å². The molecule has 1 aliphatic carbocycles. The van der Waals surface area contributed by atoms with Gasteiger partial charge in [-0.3, -0.25) is 9.59 Å². The van der Waals surface area contributed by atoms with Gasteiger partial charge in [0.2, 0.25) is 0 Å². The summed E-state index contributed by atoms with van der Waals surface area (Å²) in [6.07, 6.45) is 7.13. The van der Waals surface area contributed by atoms with Crippen LogP contribution < -0.4 is 10.9 Å². The minimum Gasteiger partial charge on any atom is -0.480 e. The molecule has 0 radical (unpaired) electrons. The molecule has 1 aromatic rings. The van der Waals surface area contributed by atoms with Gasteiger partial charge in [0.15, 0.2) is 0 Å². The Morgan fingerprint density at radius 2 is 1.79 bits per heavy atom. The first kappa shape index (κ1) is 22.2. The van der Waals surface area contributed by atoms with Gasteiger partial charge in [-0.25, -0.2) is 4.79 Å². The second-order valence-corrected chi connectivity index (χ2v) is 8.11. The third-order valence-corrected chi connectivity index (χ3v) is 6.29. The number of nitrogens with zero attached hydrogens (tertiary/aromatic N) is 1. The maximum Gasteiger partial charge on any atom is 0.326 e. The number of pyridine rings is 1. The second-order valence-electron chi connectivity index (χ2n) is 8.11. The summed E-state index contributed by atoms with van der Waals surface area (Å²) in [7, 11) is 0. The molecule has 1 unspecified atom stereocenters. The fourth-order valence-corrected chi connectivity index (χ4v) is 4.26. The molecule has 1 saturated carbocycles. The highest BCUT2D eigenvalue weighted by Crippen LogP contribution is 2.25. The summed E-state index contributed by atoms with van der Waals surface area (Å²) in [5.41, 5.74) is 1.47. The topological polar surface area (TPSA) is 88.4 Å². The van der Waals surface area contributed by atoms with Gasteiger partial charge in [0.25, 0.3) is 11.5 Å². The van der Waals surface area contributed by atoms with Gasteiger partial charge in [-0.1, -0.05) is 46.0 Å². The Balaban J connectivity index is 2.32. The quantitative estimate of drug-likeness (QED) is 0.709. The molecule has 1 aromatic heterocycles. The molecule has 1 aliphatic rings. The van der Waals surface area contributed by atoms with Gasteiger partial charge in [-0.15, -0.1) is 0 Å². The average Bonchev–Trinajstić information content (AvgIpc) is 2.68. The van der Waals surface area contributed by atoms with Gasteiger partial charge in [0, 0.05) is 12.2 Å². The van der Waals surface area contributed by atoms with Crippen molar-refractivity contribution in [1.29, 1.82) is 0 Å². The van der Waals surface area contributed by atoms with Crippen molar-refractivity contribution in [2.45, 2.75) is 85.2 Å². The standard InChI is InChI=1S/C22H34N2O4/c1-5-17(6-2)19(22(27)28)23-20(25)18-12-14(3)15(4)24(21(18)26)13-16-10-8-7-9-11-16/h12,16-17,19H,5-11,13H2,1-4H3,(H,23,25)(H,27,28). The average molecular weight is 391 g/mol.